The Labute approximate surface area is 80.8 Å². The molecule has 0 aromatic heterocycles. The van der Waals surface area contributed by atoms with Crippen LogP contribution in [0.2, 0.25) is 0 Å². The predicted octanol–water partition coefficient (Wildman–Crippen LogP) is 0.504. The van der Waals surface area contributed by atoms with Crippen LogP contribution in [0, 0.1) is 0 Å². The van der Waals surface area contributed by atoms with E-state index in [0.29, 0.717) is 5.25 Å². The zero-order valence-electron chi connectivity index (χ0n) is 7.82. The Morgan fingerprint density at radius 2 is 2.08 bits per heavy atom. The van der Waals surface area contributed by atoms with Gasteiger partial charge in [-0.25, -0.2) is 0 Å². The molecule has 0 fully saturated rings. The quantitative estimate of drug-likeness (QED) is 0.646. The number of fused-ring (bicyclic) bond motifs is 1. The van der Waals surface area contributed by atoms with Crippen molar-refractivity contribution < 1.29 is 0 Å². The molecule has 68 valence electrons. The summed E-state index contributed by atoms with van der Waals surface area (Å²) in [6.45, 7) is 4.41. The van der Waals surface area contributed by atoms with Crippen LogP contribution in [0.5, 0.6) is 0 Å². The third-order valence-corrected chi connectivity index (χ3v) is 3.80. The third-order valence-electron chi connectivity index (χ3n) is 1.97. The van der Waals surface area contributed by atoms with Crippen LogP contribution in [0.1, 0.15) is 13.8 Å². The number of benzene rings is 1. The van der Waals surface area contributed by atoms with Gasteiger partial charge in [0.2, 0.25) is 0 Å². The Bertz CT molecular complexity index is 411. The van der Waals surface area contributed by atoms with Crippen molar-refractivity contribution in [2.24, 2.45) is 5.10 Å². The maximum atomic E-state index is 4.33. The summed E-state index contributed by atoms with van der Waals surface area (Å²) in [6.07, 6.45) is 0. The van der Waals surface area contributed by atoms with E-state index >= 15 is 0 Å². The minimum Gasteiger partial charge on any atom is -0.135 e. The van der Waals surface area contributed by atoms with Crippen LogP contribution < -0.4 is 15.4 Å². The molecule has 1 heterocycles. The Hall–Kier alpha value is -0.960. The van der Waals surface area contributed by atoms with Crippen LogP contribution in [0.25, 0.3) is 5.41 Å². The highest BCUT2D eigenvalue weighted by atomic mass is 32.2. The van der Waals surface area contributed by atoms with Gasteiger partial charge in [0.1, 0.15) is 5.25 Å². The molecule has 0 saturated carbocycles. The van der Waals surface area contributed by atoms with E-state index in [1.54, 1.807) is 0 Å². The summed E-state index contributed by atoms with van der Waals surface area (Å²) in [5.41, 5.74) is 0. The molecule has 3 heteroatoms. The van der Waals surface area contributed by atoms with Crippen molar-refractivity contribution in [1.29, 1.82) is 0 Å². The first-order valence-electron chi connectivity index (χ1n) is 4.39. The maximum Gasteiger partial charge on any atom is 0.157 e. The molecule has 13 heavy (non-hydrogen) atoms. The van der Waals surface area contributed by atoms with Gasteiger partial charge in [0.15, 0.2) is 16.5 Å². The maximum absolute atomic E-state index is 4.33. The normalized spacial score (nSPS) is 19.8. The fraction of sp³-hybridized carbons (Fsp3) is 0.300. The molecule has 1 aromatic rings. The van der Waals surface area contributed by atoms with Crippen LogP contribution in [-0.2, 0) is 11.1 Å². The highest BCUT2D eigenvalue weighted by Crippen LogP contribution is 2.03. The minimum absolute atomic E-state index is 0.101. The fourth-order valence-corrected chi connectivity index (χ4v) is 2.41. The van der Waals surface area contributed by atoms with Gasteiger partial charge in [-0.2, -0.15) is 0 Å². The average Bonchev–Trinajstić information content (AvgIpc) is 2.17. The lowest BCUT2D eigenvalue weighted by Gasteiger charge is -2.07. The SMILES string of the molecule is CC(C)[S+]1C=c2ccccc2=NN1. The lowest BCUT2D eigenvalue weighted by molar-refractivity contribution is 0.977. The highest BCUT2D eigenvalue weighted by molar-refractivity contribution is 8.02. The van der Waals surface area contributed by atoms with Gasteiger partial charge in [0, 0.05) is 0 Å². The summed E-state index contributed by atoms with van der Waals surface area (Å²) in [6, 6.07) is 8.20. The molecule has 1 N–H and O–H groups in total. The minimum atomic E-state index is 0.101. The Balaban J connectivity index is 2.49. The molecule has 1 aromatic carbocycles. The molecule has 2 rings (SSSR count). The molecule has 0 aliphatic carbocycles. The lowest BCUT2D eigenvalue weighted by Crippen LogP contribution is -2.39. The van der Waals surface area contributed by atoms with Gasteiger partial charge >= 0.3 is 0 Å². The summed E-state index contributed by atoms with van der Waals surface area (Å²) in [5, 5.41) is 9.50. The van der Waals surface area contributed by atoms with Crippen LogP contribution >= 0.6 is 0 Å². The first-order valence-corrected chi connectivity index (χ1v) is 5.74. The molecule has 0 amide bonds. The summed E-state index contributed by atoms with van der Waals surface area (Å²) < 4.78 is 0. The Morgan fingerprint density at radius 3 is 2.85 bits per heavy atom. The van der Waals surface area contributed by atoms with E-state index in [4.69, 9.17) is 0 Å². The van der Waals surface area contributed by atoms with Crippen LogP contribution in [0.4, 0.5) is 0 Å². The molecule has 0 saturated heterocycles. The van der Waals surface area contributed by atoms with E-state index in [1.807, 2.05) is 12.1 Å². The van der Waals surface area contributed by atoms with Crippen LogP contribution in [0.3, 0.4) is 0 Å². The van der Waals surface area contributed by atoms with E-state index in [-0.39, 0.29) is 11.1 Å². The summed E-state index contributed by atoms with van der Waals surface area (Å²) >= 11 is 0.101. The first-order chi connectivity index (χ1) is 6.27. The monoisotopic (exact) mass is 193 g/mol. The summed E-state index contributed by atoms with van der Waals surface area (Å²) in [5.74, 6) is 0. The average molecular weight is 193 g/mol. The van der Waals surface area contributed by atoms with Gasteiger partial charge in [0.25, 0.3) is 0 Å². The molecule has 1 aliphatic heterocycles. The zero-order chi connectivity index (χ0) is 9.26. The Kier molecular flexibility index (Phi) is 2.27. The molecule has 1 atom stereocenters. The van der Waals surface area contributed by atoms with Crippen molar-refractivity contribution in [2.75, 3.05) is 0 Å². The lowest BCUT2D eigenvalue weighted by atomic mass is 10.3. The van der Waals surface area contributed by atoms with E-state index in [1.165, 1.54) is 5.22 Å². The predicted molar refractivity (Wildman–Crippen MR) is 57.3 cm³/mol. The van der Waals surface area contributed by atoms with E-state index in [0.717, 1.165) is 5.36 Å². The zero-order valence-corrected chi connectivity index (χ0v) is 8.64. The van der Waals surface area contributed by atoms with Gasteiger partial charge in [-0.1, -0.05) is 12.1 Å². The molecular formula is C10H13N2S+. The topological polar surface area (TPSA) is 24.4 Å². The summed E-state index contributed by atoms with van der Waals surface area (Å²) in [4.78, 5) is 3.17. The number of nitrogens with zero attached hydrogens (tertiary/aromatic N) is 1. The van der Waals surface area contributed by atoms with Gasteiger partial charge in [-0.05, 0) is 26.0 Å². The highest BCUT2D eigenvalue weighted by Gasteiger charge is 2.22. The van der Waals surface area contributed by atoms with Crippen LogP contribution in [0.15, 0.2) is 29.4 Å². The van der Waals surface area contributed by atoms with Gasteiger partial charge < -0.3 is 0 Å². The van der Waals surface area contributed by atoms with Crippen LogP contribution in [-0.4, -0.2) is 5.25 Å². The van der Waals surface area contributed by atoms with Crippen molar-refractivity contribution in [3.8, 4) is 0 Å². The number of para-hydroxylation sites is 1. The van der Waals surface area contributed by atoms with Crippen molar-refractivity contribution in [3.05, 3.63) is 34.8 Å². The molecule has 0 bridgehead atoms. The molecule has 0 radical (unpaired) electrons. The van der Waals surface area contributed by atoms with E-state index in [2.05, 4.69) is 41.3 Å². The number of nitrogens with one attached hydrogen (secondary N) is 1. The van der Waals surface area contributed by atoms with Crippen molar-refractivity contribution >= 4 is 16.5 Å². The molecular weight excluding hydrogens is 180 g/mol. The molecule has 2 nitrogen and oxygen atoms in total. The largest absolute Gasteiger partial charge is 0.157 e. The standard InChI is InChI=1S/C10H13N2S/c1-8(2)13-7-9-5-3-4-6-10(9)11-12-13/h3-8,12H,1-2H3/q+1. The van der Waals surface area contributed by atoms with Gasteiger partial charge in [-0.3, -0.25) is 0 Å². The molecule has 1 aliphatic rings. The second kappa shape index (κ2) is 3.42. The number of hydrogen-bond acceptors (Lipinski definition) is 2. The number of rotatable bonds is 1. The second-order valence-electron chi connectivity index (χ2n) is 3.30. The number of hydrogen-bond donors (Lipinski definition) is 1. The molecule has 1 unspecified atom stereocenters. The van der Waals surface area contributed by atoms with Gasteiger partial charge in [-0.15, -0.1) is 9.93 Å². The second-order valence-corrected chi connectivity index (χ2v) is 5.40. The van der Waals surface area contributed by atoms with Crippen molar-refractivity contribution in [1.82, 2.24) is 4.83 Å². The molecule has 0 spiro atoms. The van der Waals surface area contributed by atoms with Crippen molar-refractivity contribution in [2.45, 2.75) is 19.1 Å². The third kappa shape index (κ3) is 1.70. The van der Waals surface area contributed by atoms with E-state index in [9.17, 15) is 0 Å². The smallest absolute Gasteiger partial charge is 0.135 e. The summed E-state index contributed by atoms with van der Waals surface area (Å²) in [7, 11) is 0. The fourth-order valence-electron chi connectivity index (χ4n) is 1.20. The van der Waals surface area contributed by atoms with E-state index < -0.39 is 0 Å². The van der Waals surface area contributed by atoms with Gasteiger partial charge in [0.05, 0.1) is 10.6 Å². The first kappa shape index (κ1) is 8.63. The Morgan fingerprint density at radius 1 is 1.31 bits per heavy atom. The van der Waals surface area contributed by atoms with Crippen molar-refractivity contribution in [3.63, 3.8) is 0 Å².